The normalized spacial score (nSPS) is 11.8. The van der Waals surface area contributed by atoms with Crippen molar-refractivity contribution in [2.75, 3.05) is 12.4 Å². The van der Waals surface area contributed by atoms with Gasteiger partial charge in [0, 0.05) is 12.3 Å². The third kappa shape index (κ3) is 5.48. The average Bonchev–Trinajstić information content (AvgIpc) is 3.30. The number of carbonyl (C=O) groups is 2. The van der Waals surface area contributed by atoms with E-state index in [9.17, 15) is 14.4 Å². The zero-order valence-electron chi connectivity index (χ0n) is 20.9. The lowest BCUT2D eigenvalue weighted by Gasteiger charge is -2.20. The first kappa shape index (κ1) is 25.6. The summed E-state index contributed by atoms with van der Waals surface area (Å²) in [5.74, 6) is 0.284. The van der Waals surface area contributed by atoms with Gasteiger partial charge in [0.1, 0.15) is 12.1 Å². The summed E-state index contributed by atoms with van der Waals surface area (Å²) in [5, 5.41) is 1.16. The van der Waals surface area contributed by atoms with Crippen molar-refractivity contribution in [1.29, 1.82) is 0 Å². The van der Waals surface area contributed by atoms with Gasteiger partial charge in [-0.25, -0.2) is 14.5 Å². The molecule has 10 heteroatoms. The molecule has 0 amide bonds. The van der Waals surface area contributed by atoms with E-state index in [1.165, 1.54) is 21.1 Å². The number of imidazole rings is 1. The lowest BCUT2D eigenvalue weighted by molar-refractivity contribution is -0.155. The van der Waals surface area contributed by atoms with Crippen LogP contribution in [0.4, 0.5) is 4.79 Å². The monoisotopic (exact) mass is 510 g/mol. The zero-order valence-corrected chi connectivity index (χ0v) is 21.7. The van der Waals surface area contributed by atoms with Crippen molar-refractivity contribution in [2.45, 2.75) is 58.0 Å². The lowest BCUT2D eigenvalue weighted by atomic mass is 10.2. The van der Waals surface area contributed by atoms with Crippen LogP contribution in [0.25, 0.3) is 21.9 Å². The van der Waals surface area contributed by atoms with E-state index < -0.39 is 11.7 Å². The molecule has 9 nitrogen and oxygen atoms in total. The largest absolute Gasteiger partial charge is 0.459 e. The first-order valence-corrected chi connectivity index (χ1v) is 12.9. The highest BCUT2D eigenvalue weighted by atomic mass is 32.2. The number of nitrogens with zero attached hydrogens (tertiary/aromatic N) is 4. The number of para-hydroxylation sites is 3. The van der Waals surface area contributed by atoms with Gasteiger partial charge in [-0.05, 0) is 58.4 Å². The molecular weight excluding hydrogens is 480 g/mol. The molecular formula is C26H30N4O5S. The van der Waals surface area contributed by atoms with Crippen molar-refractivity contribution in [3.05, 3.63) is 58.9 Å². The Morgan fingerprint density at radius 2 is 1.72 bits per heavy atom. The predicted molar refractivity (Wildman–Crippen MR) is 140 cm³/mol. The Balaban J connectivity index is 1.52. The van der Waals surface area contributed by atoms with Gasteiger partial charge in [-0.15, -0.1) is 0 Å². The molecule has 2 aromatic heterocycles. The average molecular weight is 511 g/mol. The molecule has 0 fully saturated rings. The SMILES string of the molecule is CCOC(=O)n1c2ccccc2c(=O)n1CCCSc1nc2ccccc2n1CC(=O)OC(C)(C)C. The van der Waals surface area contributed by atoms with Crippen LogP contribution in [0.15, 0.2) is 58.5 Å². The second-order valence-corrected chi connectivity index (χ2v) is 10.3. The van der Waals surface area contributed by atoms with E-state index in [0.29, 0.717) is 34.8 Å². The number of fused-ring (bicyclic) bond motifs is 2. The maximum absolute atomic E-state index is 13.0. The van der Waals surface area contributed by atoms with E-state index in [1.54, 1.807) is 31.2 Å². The van der Waals surface area contributed by atoms with Gasteiger partial charge >= 0.3 is 12.1 Å². The van der Waals surface area contributed by atoms with Crippen LogP contribution in [-0.4, -0.2) is 48.9 Å². The Hall–Kier alpha value is -3.53. The quantitative estimate of drug-likeness (QED) is 0.193. The molecule has 2 heterocycles. The number of carbonyl (C=O) groups excluding carboxylic acids is 2. The van der Waals surface area contributed by atoms with Crippen molar-refractivity contribution in [3.63, 3.8) is 0 Å². The van der Waals surface area contributed by atoms with Gasteiger partial charge in [-0.3, -0.25) is 9.59 Å². The number of hydrogen-bond donors (Lipinski definition) is 0. The molecule has 0 unspecified atom stereocenters. The minimum Gasteiger partial charge on any atom is -0.459 e. The summed E-state index contributed by atoms with van der Waals surface area (Å²) in [7, 11) is 0. The van der Waals surface area contributed by atoms with Gasteiger partial charge in [0.2, 0.25) is 0 Å². The summed E-state index contributed by atoms with van der Waals surface area (Å²) in [6.45, 7) is 7.83. The molecule has 0 N–H and O–H groups in total. The van der Waals surface area contributed by atoms with E-state index in [1.807, 2.05) is 49.6 Å². The van der Waals surface area contributed by atoms with Gasteiger partial charge in [0.05, 0.1) is 28.5 Å². The standard InChI is InChI=1S/C26H30N4O5S/c1-5-34-25(33)30-20-13-8-6-11-18(20)23(32)29(30)15-10-16-36-24-27-19-12-7-9-14-21(19)28(24)17-22(31)35-26(2,3)4/h6-9,11-14H,5,10,15-17H2,1-4H3. The Morgan fingerprint density at radius 3 is 2.44 bits per heavy atom. The number of aromatic nitrogens is 4. The third-order valence-corrected chi connectivity index (χ3v) is 6.41. The molecule has 0 aliphatic carbocycles. The molecule has 0 saturated heterocycles. The van der Waals surface area contributed by atoms with E-state index >= 15 is 0 Å². The van der Waals surface area contributed by atoms with Crippen LogP contribution in [-0.2, 0) is 27.4 Å². The Bertz CT molecular complexity index is 1460. The minimum absolute atomic E-state index is 0.0523. The summed E-state index contributed by atoms with van der Waals surface area (Å²) >= 11 is 1.49. The van der Waals surface area contributed by atoms with Crippen molar-refractivity contribution >= 4 is 45.8 Å². The Morgan fingerprint density at radius 1 is 1.03 bits per heavy atom. The molecule has 0 spiro atoms. The summed E-state index contributed by atoms with van der Waals surface area (Å²) in [4.78, 5) is 42.8. The molecule has 0 atom stereocenters. The van der Waals surface area contributed by atoms with Crippen molar-refractivity contribution in [1.82, 2.24) is 18.9 Å². The Kier molecular flexibility index (Phi) is 7.53. The second-order valence-electron chi connectivity index (χ2n) is 9.21. The Labute approximate surface area is 213 Å². The summed E-state index contributed by atoms with van der Waals surface area (Å²) in [6, 6.07) is 14.6. The van der Waals surface area contributed by atoms with Crippen LogP contribution in [0.2, 0.25) is 0 Å². The van der Waals surface area contributed by atoms with Crippen LogP contribution in [0, 0.1) is 0 Å². The topological polar surface area (TPSA) is 97.4 Å². The lowest BCUT2D eigenvalue weighted by Crippen LogP contribution is -2.28. The van der Waals surface area contributed by atoms with E-state index in [4.69, 9.17) is 14.5 Å². The van der Waals surface area contributed by atoms with Crippen LogP contribution in [0.1, 0.15) is 34.1 Å². The first-order valence-electron chi connectivity index (χ1n) is 11.9. The van der Waals surface area contributed by atoms with Gasteiger partial charge in [0.15, 0.2) is 5.16 Å². The van der Waals surface area contributed by atoms with Gasteiger partial charge < -0.3 is 14.0 Å². The highest BCUT2D eigenvalue weighted by Gasteiger charge is 2.21. The number of ether oxygens (including phenoxy) is 2. The molecule has 0 aliphatic heterocycles. The fourth-order valence-corrected chi connectivity index (χ4v) is 4.92. The number of esters is 1. The van der Waals surface area contributed by atoms with E-state index in [-0.39, 0.29) is 24.7 Å². The fourth-order valence-electron chi connectivity index (χ4n) is 3.98. The summed E-state index contributed by atoms with van der Waals surface area (Å²) in [5.41, 5.74) is 1.35. The molecule has 0 bridgehead atoms. The number of thioether (sulfide) groups is 1. The van der Waals surface area contributed by atoms with Crippen molar-refractivity contribution in [2.24, 2.45) is 0 Å². The molecule has 4 rings (SSSR count). The number of hydrogen-bond acceptors (Lipinski definition) is 7. The molecule has 0 saturated carbocycles. The molecule has 36 heavy (non-hydrogen) atoms. The van der Waals surface area contributed by atoms with Crippen LogP contribution in [0.3, 0.4) is 0 Å². The smallest absolute Gasteiger partial charge is 0.433 e. The maximum Gasteiger partial charge on any atom is 0.433 e. The van der Waals surface area contributed by atoms with Gasteiger partial charge in [-0.2, -0.15) is 4.68 Å². The minimum atomic E-state index is -0.581. The second kappa shape index (κ2) is 10.6. The molecule has 190 valence electrons. The predicted octanol–water partition coefficient (Wildman–Crippen LogP) is 4.68. The third-order valence-electron chi connectivity index (χ3n) is 5.35. The van der Waals surface area contributed by atoms with Crippen molar-refractivity contribution < 1.29 is 19.1 Å². The summed E-state index contributed by atoms with van der Waals surface area (Å²) in [6.07, 6.45) is 0.0123. The molecule has 2 aromatic carbocycles. The molecule has 0 radical (unpaired) electrons. The molecule has 0 aliphatic rings. The number of rotatable bonds is 8. The number of benzene rings is 2. The maximum atomic E-state index is 13.0. The van der Waals surface area contributed by atoms with Crippen LogP contribution in [0.5, 0.6) is 0 Å². The zero-order chi connectivity index (χ0) is 25.9. The van der Waals surface area contributed by atoms with Gasteiger partial charge in [-0.1, -0.05) is 36.0 Å². The molecule has 4 aromatic rings. The van der Waals surface area contributed by atoms with E-state index in [0.717, 1.165) is 11.0 Å². The fraction of sp³-hybridized carbons (Fsp3) is 0.385. The first-order chi connectivity index (χ1) is 17.2. The summed E-state index contributed by atoms with van der Waals surface area (Å²) < 4.78 is 15.3. The highest BCUT2D eigenvalue weighted by Crippen LogP contribution is 2.25. The van der Waals surface area contributed by atoms with Crippen molar-refractivity contribution in [3.8, 4) is 0 Å². The highest BCUT2D eigenvalue weighted by molar-refractivity contribution is 7.99. The van der Waals surface area contributed by atoms with E-state index in [2.05, 4.69) is 0 Å². The van der Waals surface area contributed by atoms with Gasteiger partial charge in [0.25, 0.3) is 5.56 Å². The van der Waals surface area contributed by atoms with Crippen LogP contribution >= 0.6 is 11.8 Å². The van der Waals surface area contributed by atoms with Crippen LogP contribution < -0.4 is 5.56 Å².